The minimum Gasteiger partial charge on any atom is -0.375 e. The Morgan fingerprint density at radius 1 is 1.28 bits per heavy atom. The molecule has 1 N–H and O–H groups in total. The van der Waals surface area contributed by atoms with Crippen molar-refractivity contribution in [2.24, 2.45) is 0 Å². The number of carbonyl (C=O) groups excluding carboxylic acids is 1. The zero-order valence-electron chi connectivity index (χ0n) is 14.4. The zero-order valence-corrected chi connectivity index (χ0v) is 14.4. The fourth-order valence-electron chi connectivity index (χ4n) is 3.65. The van der Waals surface area contributed by atoms with E-state index in [1.165, 1.54) is 5.56 Å². The van der Waals surface area contributed by atoms with Crippen LogP contribution < -0.4 is 0 Å². The summed E-state index contributed by atoms with van der Waals surface area (Å²) in [5.74, 6) is 0.179. The van der Waals surface area contributed by atoms with Crippen LogP contribution in [0.1, 0.15) is 23.2 Å². The van der Waals surface area contributed by atoms with E-state index in [4.69, 9.17) is 4.74 Å². The number of hydrogen-bond donors (Lipinski definition) is 1. The topological polar surface area (TPSA) is 61.5 Å². The fraction of sp³-hybridized carbons (Fsp3) is 0.474. The molecule has 0 aliphatic carbocycles. The van der Waals surface area contributed by atoms with Gasteiger partial charge in [0.05, 0.1) is 25.3 Å². The van der Waals surface area contributed by atoms with Crippen LogP contribution in [0.4, 0.5) is 0 Å². The van der Waals surface area contributed by atoms with Crippen LogP contribution in [-0.4, -0.2) is 58.2 Å². The molecule has 1 aromatic carbocycles. The summed E-state index contributed by atoms with van der Waals surface area (Å²) in [6.45, 7) is 4.75. The second-order valence-corrected chi connectivity index (χ2v) is 6.86. The van der Waals surface area contributed by atoms with E-state index < -0.39 is 0 Å². The summed E-state index contributed by atoms with van der Waals surface area (Å²) in [7, 11) is 0. The molecule has 25 heavy (non-hydrogen) atoms. The predicted octanol–water partition coefficient (Wildman–Crippen LogP) is 1.59. The second kappa shape index (κ2) is 7.37. The van der Waals surface area contributed by atoms with Crippen molar-refractivity contribution in [1.29, 1.82) is 0 Å². The lowest BCUT2D eigenvalue weighted by atomic mass is 10.1. The molecule has 0 spiro atoms. The van der Waals surface area contributed by atoms with Gasteiger partial charge in [0, 0.05) is 50.4 Å². The SMILES string of the molecule is O=C(CC1CN(Cc2ccccc2)CCO1)N1CCc2[nH]ncc2C1. The Kier molecular flexibility index (Phi) is 4.81. The van der Waals surface area contributed by atoms with Crippen molar-refractivity contribution in [3.05, 3.63) is 53.3 Å². The van der Waals surface area contributed by atoms with Crippen molar-refractivity contribution in [1.82, 2.24) is 20.0 Å². The van der Waals surface area contributed by atoms with Gasteiger partial charge in [-0.2, -0.15) is 5.10 Å². The highest BCUT2D eigenvalue weighted by Crippen LogP contribution is 2.19. The minimum absolute atomic E-state index is 0.0179. The molecular weight excluding hydrogens is 316 g/mol. The fourth-order valence-corrected chi connectivity index (χ4v) is 3.65. The summed E-state index contributed by atoms with van der Waals surface area (Å²) >= 11 is 0. The van der Waals surface area contributed by atoms with Crippen molar-refractivity contribution in [2.75, 3.05) is 26.2 Å². The van der Waals surface area contributed by atoms with Gasteiger partial charge in [0.1, 0.15) is 0 Å². The van der Waals surface area contributed by atoms with Gasteiger partial charge in [-0.25, -0.2) is 0 Å². The third kappa shape index (κ3) is 3.91. The standard InChI is InChI=1S/C19H24N4O2/c24-19(23-7-6-18-16(13-23)11-20-21-18)10-17-14-22(8-9-25-17)12-15-4-2-1-3-5-15/h1-5,11,17H,6-10,12-14H2,(H,20,21). The van der Waals surface area contributed by atoms with Crippen molar-refractivity contribution in [2.45, 2.75) is 32.0 Å². The number of H-pyrrole nitrogens is 1. The minimum atomic E-state index is -0.0179. The molecule has 1 aromatic heterocycles. The van der Waals surface area contributed by atoms with Gasteiger partial charge in [0.25, 0.3) is 0 Å². The summed E-state index contributed by atoms with van der Waals surface area (Å²) in [5.41, 5.74) is 3.60. The Bertz CT molecular complexity index is 715. The Balaban J connectivity index is 1.31. The number of amides is 1. The molecule has 1 saturated heterocycles. The molecule has 4 rings (SSSR count). The molecule has 6 heteroatoms. The molecule has 0 saturated carbocycles. The molecule has 0 bridgehead atoms. The third-order valence-corrected chi connectivity index (χ3v) is 5.03. The maximum absolute atomic E-state index is 12.7. The van der Waals surface area contributed by atoms with Gasteiger partial charge in [-0.1, -0.05) is 30.3 Å². The number of hydrogen-bond acceptors (Lipinski definition) is 4. The average Bonchev–Trinajstić information content (AvgIpc) is 3.10. The van der Waals surface area contributed by atoms with Crippen LogP contribution in [0.15, 0.2) is 36.5 Å². The lowest BCUT2D eigenvalue weighted by Gasteiger charge is -2.34. The van der Waals surface area contributed by atoms with Crippen LogP contribution in [0.2, 0.25) is 0 Å². The molecule has 132 valence electrons. The predicted molar refractivity (Wildman–Crippen MR) is 93.8 cm³/mol. The first-order chi connectivity index (χ1) is 12.3. The Labute approximate surface area is 147 Å². The summed E-state index contributed by atoms with van der Waals surface area (Å²) in [5, 5.41) is 7.08. The van der Waals surface area contributed by atoms with Crippen LogP contribution in [0.5, 0.6) is 0 Å². The van der Waals surface area contributed by atoms with Crippen LogP contribution in [-0.2, 0) is 29.0 Å². The molecule has 2 aromatic rings. The van der Waals surface area contributed by atoms with Gasteiger partial charge in [-0.3, -0.25) is 14.8 Å². The molecule has 1 atom stereocenters. The first-order valence-corrected chi connectivity index (χ1v) is 8.95. The summed E-state index contributed by atoms with van der Waals surface area (Å²) in [6, 6.07) is 10.5. The molecule has 1 fully saturated rings. The van der Waals surface area contributed by atoms with Crippen LogP contribution in [0.25, 0.3) is 0 Å². The number of nitrogens with zero attached hydrogens (tertiary/aromatic N) is 3. The number of ether oxygens (including phenoxy) is 1. The van der Waals surface area contributed by atoms with E-state index in [9.17, 15) is 4.79 Å². The van der Waals surface area contributed by atoms with Crippen LogP contribution >= 0.6 is 0 Å². The van der Waals surface area contributed by atoms with E-state index in [1.807, 2.05) is 17.2 Å². The van der Waals surface area contributed by atoms with Gasteiger partial charge < -0.3 is 9.64 Å². The van der Waals surface area contributed by atoms with Gasteiger partial charge in [0.2, 0.25) is 5.91 Å². The third-order valence-electron chi connectivity index (χ3n) is 5.03. The first kappa shape index (κ1) is 16.3. The Morgan fingerprint density at radius 2 is 2.16 bits per heavy atom. The van der Waals surface area contributed by atoms with Gasteiger partial charge in [-0.05, 0) is 5.56 Å². The molecule has 2 aliphatic heterocycles. The summed E-state index contributed by atoms with van der Waals surface area (Å²) in [4.78, 5) is 17.0. The molecule has 0 radical (unpaired) electrons. The molecule has 3 heterocycles. The lowest BCUT2D eigenvalue weighted by molar-refractivity contribution is -0.137. The highest BCUT2D eigenvalue weighted by Gasteiger charge is 2.27. The normalized spacial score (nSPS) is 21.1. The Morgan fingerprint density at radius 3 is 3.04 bits per heavy atom. The summed E-state index contributed by atoms with van der Waals surface area (Å²) < 4.78 is 5.85. The number of benzene rings is 1. The van der Waals surface area contributed by atoms with Crippen molar-refractivity contribution in [3.8, 4) is 0 Å². The number of fused-ring (bicyclic) bond motifs is 1. The van der Waals surface area contributed by atoms with Gasteiger partial charge in [0.15, 0.2) is 0 Å². The van der Waals surface area contributed by atoms with Gasteiger partial charge >= 0.3 is 0 Å². The zero-order chi connectivity index (χ0) is 17.1. The van der Waals surface area contributed by atoms with E-state index in [2.05, 4.69) is 39.4 Å². The van der Waals surface area contributed by atoms with Gasteiger partial charge in [-0.15, -0.1) is 0 Å². The Hall–Kier alpha value is -2.18. The molecule has 1 unspecified atom stereocenters. The quantitative estimate of drug-likeness (QED) is 0.918. The number of morpholine rings is 1. The van der Waals surface area contributed by atoms with Crippen molar-refractivity contribution >= 4 is 5.91 Å². The highest BCUT2D eigenvalue weighted by atomic mass is 16.5. The highest BCUT2D eigenvalue weighted by molar-refractivity contribution is 5.77. The van der Waals surface area contributed by atoms with E-state index in [0.29, 0.717) is 19.6 Å². The van der Waals surface area contributed by atoms with E-state index in [0.717, 1.165) is 43.9 Å². The number of aromatic amines is 1. The first-order valence-electron chi connectivity index (χ1n) is 8.95. The molecule has 1 amide bonds. The number of rotatable bonds is 4. The van der Waals surface area contributed by atoms with Crippen molar-refractivity contribution in [3.63, 3.8) is 0 Å². The van der Waals surface area contributed by atoms with Crippen LogP contribution in [0.3, 0.4) is 0 Å². The largest absolute Gasteiger partial charge is 0.375 e. The lowest BCUT2D eigenvalue weighted by Crippen LogP contribution is -2.45. The van der Waals surface area contributed by atoms with E-state index in [1.54, 1.807) is 0 Å². The summed E-state index contributed by atoms with van der Waals surface area (Å²) in [6.07, 6.45) is 3.12. The van der Waals surface area contributed by atoms with Crippen LogP contribution in [0, 0.1) is 0 Å². The second-order valence-electron chi connectivity index (χ2n) is 6.86. The number of aromatic nitrogens is 2. The smallest absolute Gasteiger partial charge is 0.225 e. The van der Waals surface area contributed by atoms with E-state index in [-0.39, 0.29) is 12.0 Å². The monoisotopic (exact) mass is 340 g/mol. The maximum atomic E-state index is 12.7. The molecular formula is C19H24N4O2. The molecule has 6 nitrogen and oxygen atoms in total. The van der Waals surface area contributed by atoms with E-state index >= 15 is 0 Å². The average molecular weight is 340 g/mol. The number of nitrogens with one attached hydrogen (secondary N) is 1. The molecule has 2 aliphatic rings. The van der Waals surface area contributed by atoms with Crippen molar-refractivity contribution < 1.29 is 9.53 Å². The maximum Gasteiger partial charge on any atom is 0.225 e. The number of carbonyl (C=O) groups is 1.